The van der Waals surface area contributed by atoms with Gasteiger partial charge in [-0.15, -0.1) is 0 Å². The van der Waals surface area contributed by atoms with Crippen LogP contribution in [-0.4, -0.2) is 95.9 Å². The van der Waals surface area contributed by atoms with E-state index in [1.54, 1.807) is 0 Å². The van der Waals surface area contributed by atoms with Gasteiger partial charge in [0.1, 0.15) is 25.4 Å². The summed E-state index contributed by atoms with van der Waals surface area (Å²) in [5, 5.41) is 20.6. The van der Waals surface area contributed by atoms with Gasteiger partial charge in [-0.25, -0.2) is 9.13 Å². The largest absolute Gasteiger partial charge is 0.472 e. The molecule has 0 radical (unpaired) electrons. The van der Waals surface area contributed by atoms with Crippen LogP contribution in [0.3, 0.4) is 0 Å². The lowest BCUT2D eigenvalue weighted by Gasteiger charge is -2.21. The summed E-state index contributed by atoms with van der Waals surface area (Å²) >= 11 is 0. The van der Waals surface area contributed by atoms with Crippen molar-refractivity contribution >= 4 is 33.6 Å². The van der Waals surface area contributed by atoms with E-state index in [2.05, 4.69) is 203 Å². The lowest BCUT2D eigenvalue weighted by molar-refractivity contribution is -0.161. The minimum Gasteiger partial charge on any atom is -0.463 e. The molecule has 0 aromatic heterocycles. The zero-order valence-electron chi connectivity index (χ0n) is 63.7. The standard InChI is InChI=1S/C85H138O16P2/c1-4-7-10-13-16-19-22-25-28-31-34-36-37-38-39-40-41-43-46-47-50-53-56-59-62-65-68-71-83(88)95-74-80(86)75-97-102(91,92)98-76-81(87)77-99-103(93,94)100-79-82(101-85(90)73-70-67-64-61-58-55-52-49-44-33-30-27-24-21-18-15-12-9-6-3)78-96-84(89)72-69-66-63-60-57-54-51-48-45-42-35-32-29-26-23-20-17-14-11-8-5-2/h7-12,16-21,25-30,34-36,38-39,41-44,48-49,51,80-82,86-87H,4-6,13-15,22-24,31-33,37,40,45-47,50,52-79H2,1-3H3,(H,91,92)(H,93,94)/b10-7-,11-8-,12-9-,19-16-,20-17-,21-18-,28-25-,29-26-,30-27-,36-34-,39-38-,42-35-,43-41-,49-44-,51-48-. The van der Waals surface area contributed by atoms with Gasteiger partial charge in [-0.1, -0.05) is 287 Å². The van der Waals surface area contributed by atoms with Crippen LogP contribution in [0.2, 0.25) is 0 Å². The van der Waals surface area contributed by atoms with E-state index in [4.69, 9.17) is 32.3 Å². The van der Waals surface area contributed by atoms with Crippen LogP contribution in [-0.2, 0) is 55.8 Å². The zero-order chi connectivity index (χ0) is 75.2. The van der Waals surface area contributed by atoms with Gasteiger partial charge in [0.15, 0.2) is 6.10 Å². The molecule has 0 aliphatic rings. The molecule has 0 heterocycles. The minimum atomic E-state index is -4.95. The predicted octanol–water partition coefficient (Wildman–Crippen LogP) is 23.0. The molecule has 0 fully saturated rings. The average Bonchev–Trinajstić information content (AvgIpc) is 0.923. The van der Waals surface area contributed by atoms with Gasteiger partial charge in [-0.3, -0.25) is 32.5 Å². The van der Waals surface area contributed by atoms with E-state index in [0.29, 0.717) is 19.3 Å². The summed E-state index contributed by atoms with van der Waals surface area (Å²) in [4.78, 5) is 58.7. The highest BCUT2D eigenvalue weighted by atomic mass is 31.2. The summed E-state index contributed by atoms with van der Waals surface area (Å²) in [6, 6.07) is 0. The number of phosphoric ester groups is 2. The second-order valence-corrected chi connectivity index (χ2v) is 28.3. The first-order chi connectivity index (χ1) is 50.2. The van der Waals surface area contributed by atoms with Crippen LogP contribution in [0.4, 0.5) is 0 Å². The van der Waals surface area contributed by atoms with Gasteiger partial charge in [0.25, 0.3) is 0 Å². The van der Waals surface area contributed by atoms with Crippen molar-refractivity contribution in [2.24, 2.45) is 0 Å². The van der Waals surface area contributed by atoms with E-state index in [1.165, 1.54) is 19.3 Å². The maximum absolute atomic E-state index is 13.0. The molecule has 584 valence electrons. The summed E-state index contributed by atoms with van der Waals surface area (Å²) in [6.07, 6.45) is 97.8. The maximum Gasteiger partial charge on any atom is 0.472 e. The number of rotatable bonds is 72. The first kappa shape index (κ1) is 97.7. The van der Waals surface area contributed by atoms with Crippen molar-refractivity contribution < 1.29 is 75.8 Å². The van der Waals surface area contributed by atoms with Gasteiger partial charge in [0.05, 0.1) is 26.4 Å². The minimum absolute atomic E-state index is 0.0765. The van der Waals surface area contributed by atoms with Crippen LogP contribution in [0.25, 0.3) is 0 Å². The maximum atomic E-state index is 13.0. The molecular weight excluding hydrogens is 1340 g/mol. The molecule has 0 amide bonds. The molecule has 0 saturated carbocycles. The third-order valence-electron chi connectivity index (χ3n) is 15.6. The summed E-state index contributed by atoms with van der Waals surface area (Å²) < 4.78 is 61.2. The number of allylic oxidation sites excluding steroid dienone is 30. The number of hydrogen-bond acceptors (Lipinski definition) is 14. The van der Waals surface area contributed by atoms with E-state index in [-0.39, 0.29) is 19.3 Å². The van der Waals surface area contributed by atoms with E-state index in [0.717, 1.165) is 199 Å². The quantitative estimate of drug-likeness (QED) is 0.0146. The first-order valence-corrected chi connectivity index (χ1v) is 42.1. The lowest BCUT2D eigenvalue weighted by Crippen LogP contribution is -2.30. The fraction of sp³-hybridized carbons (Fsp3) is 0.612. The number of esters is 3. The lowest BCUT2D eigenvalue weighted by atomic mass is 10.1. The Bertz CT molecular complexity index is 2600. The number of aliphatic hydroxyl groups is 2. The zero-order valence-corrected chi connectivity index (χ0v) is 65.5. The van der Waals surface area contributed by atoms with Crippen LogP contribution < -0.4 is 0 Å². The first-order valence-electron chi connectivity index (χ1n) is 39.1. The molecule has 103 heavy (non-hydrogen) atoms. The second-order valence-electron chi connectivity index (χ2n) is 25.4. The molecule has 0 rings (SSSR count). The Balaban J connectivity index is 4.69. The SMILES string of the molecule is CC/C=C\C/C=C\C/C=C\C/C=C\C/C=C\C/C=C\CCCCCCCCCCC(=O)OCC(O)COP(=O)(O)OCC(O)COP(=O)(O)OCC(COC(=O)CCCCCCC/C=C\C/C=C\C/C=C\C/C=C\C/C=C\CC)OC(=O)CCCCCCCC/C=C\C/C=C\C/C=C\C/C=C\CC. The average molecular weight is 1480 g/mol. The Kier molecular flexibility index (Phi) is 72.3. The molecule has 5 unspecified atom stereocenters. The normalized spacial score (nSPS) is 15.0. The Morgan fingerprint density at radius 1 is 0.272 bits per heavy atom. The highest BCUT2D eigenvalue weighted by Crippen LogP contribution is 2.45. The molecule has 0 bridgehead atoms. The molecule has 18 heteroatoms. The number of unbranched alkanes of at least 4 members (excludes halogenated alkanes) is 19. The van der Waals surface area contributed by atoms with Crippen LogP contribution in [0.5, 0.6) is 0 Å². The van der Waals surface area contributed by atoms with E-state index in [1.807, 2.05) is 0 Å². The number of carbonyl (C=O) groups excluding carboxylic acids is 3. The molecule has 0 aromatic carbocycles. The highest BCUT2D eigenvalue weighted by Gasteiger charge is 2.29. The van der Waals surface area contributed by atoms with Crippen molar-refractivity contribution in [3.05, 3.63) is 182 Å². The summed E-state index contributed by atoms with van der Waals surface area (Å²) in [5.74, 6) is -1.63. The van der Waals surface area contributed by atoms with Crippen molar-refractivity contribution in [3.8, 4) is 0 Å². The Morgan fingerprint density at radius 3 is 0.767 bits per heavy atom. The molecule has 16 nitrogen and oxygen atoms in total. The van der Waals surface area contributed by atoms with Crippen molar-refractivity contribution in [1.29, 1.82) is 0 Å². The molecular formula is C85H138O16P2. The summed E-state index contributed by atoms with van der Waals surface area (Å²) in [6.45, 7) is 2.27. The van der Waals surface area contributed by atoms with Gasteiger partial charge in [-0.05, 0) is 154 Å². The van der Waals surface area contributed by atoms with E-state index < -0.39 is 91.5 Å². The highest BCUT2D eigenvalue weighted by molar-refractivity contribution is 7.47. The van der Waals surface area contributed by atoms with Gasteiger partial charge in [0.2, 0.25) is 0 Å². The van der Waals surface area contributed by atoms with Crippen LogP contribution in [0.15, 0.2) is 182 Å². The van der Waals surface area contributed by atoms with Crippen LogP contribution in [0, 0.1) is 0 Å². The fourth-order valence-corrected chi connectivity index (χ4v) is 11.4. The fourth-order valence-electron chi connectivity index (χ4n) is 9.77. The number of ether oxygens (including phenoxy) is 3. The Labute approximate surface area is 624 Å². The number of aliphatic hydroxyl groups excluding tert-OH is 2. The van der Waals surface area contributed by atoms with E-state index >= 15 is 0 Å². The number of phosphoric acid groups is 2. The molecule has 0 aliphatic carbocycles. The number of hydrogen-bond donors (Lipinski definition) is 4. The van der Waals surface area contributed by atoms with Crippen molar-refractivity contribution in [1.82, 2.24) is 0 Å². The van der Waals surface area contributed by atoms with Crippen LogP contribution in [0.1, 0.15) is 278 Å². The smallest absolute Gasteiger partial charge is 0.463 e. The molecule has 5 atom stereocenters. The molecule has 4 N–H and O–H groups in total. The molecule has 0 spiro atoms. The monoisotopic (exact) mass is 1480 g/mol. The topological polar surface area (TPSA) is 231 Å². The third-order valence-corrected chi connectivity index (χ3v) is 17.5. The summed E-state index contributed by atoms with van der Waals surface area (Å²) in [7, 11) is -9.82. The molecule has 0 saturated heterocycles. The van der Waals surface area contributed by atoms with Gasteiger partial charge < -0.3 is 34.2 Å². The second kappa shape index (κ2) is 76.3. The van der Waals surface area contributed by atoms with Gasteiger partial charge in [0, 0.05) is 19.3 Å². The third kappa shape index (κ3) is 77.6. The van der Waals surface area contributed by atoms with Gasteiger partial charge in [-0.2, -0.15) is 0 Å². The Morgan fingerprint density at radius 2 is 0.485 bits per heavy atom. The summed E-state index contributed by atoms with van der Waals surface area (Å²) in [5.41, 5.74) is 0. The Hall–Kier alpha value is -5.35. The van der Waals surface area contributed by atoms with Gasteiger partial charge >= 0.3 is 33.6 Å². The van der Waals surface area contributed by atoms with Crippen LogP contribution >= 0.6 is 15.6 Å². The number of carbonyl (C=O) groups is 3. The van der Waals surface area contributed by atoms with Crippen molar-refractivity contribution in [2.45, 2.75) is 296 Å². The van der Waals surface area contributed by atoms with Crippen molar-refractivity contribution in [2.75, 3.05) is 39.6 Å². The van der Waals surface area contributed by atoms with Crippen molar-refractivity contribution in [3.63, 3.8) is 0 Å². The molecule has 0 aromatic rings. The van der Waals surface area contributed by atoms with E-state index in [9.17, 15) is 43.5 Å². The predicted molar refractivity (Wildman–Crippen MR) is 426 cm³/mol. The molecule has 0 aliphatic heterocycles.